The number of anilines is 1. The van der Waals surface area contributed by atoms with Gasteiger partial charge in [-0.2, -0.15) is 0 Å². The second kappa shape index (κ2) is 4.85. The van der Waals surface area contributed by atoms with Crippen molar-refractivity contribution in [2.24, 2.45) is 0 Å². The lowest BCUT2D eigenvalue weighted by molar-refractivity contribution is -0.384. The number of aromatic nitrogens is 2. The number of rotatable bonds is 3. The molecule has 0 aliphatic rings. The third kappa shape index (κ3) is 2.12. The Bertz CT molecular complexity index is 899. The van der Waals surface area contributed by atoms with E-state index in [0.29, 0.717) is 22.7 Å². The summed E-state index contributed by atoms with van der Waals surface area (Å²) in [5.74, 6) is -0.721. The molecule has 1 aromatic carbocycles. The van der Waals surface area contributed by atoms with Crippen LogP contribution in [-0.2, 0) is 0 Å². The molecule has 8 nitrogen and oxygen atoms in total. The zero-order valence-corrected chi connectivity index (χ0v) is 11.1. The Labute approximate surface area is 123 Å². The number of carbonyl (C=O) groups is 1. The molecule has 0 spiro atoms. The minimum atomic E-state index is -1.05. The molecule has 0 aliphatic heterocycles. The quantitative estimate of drug-likeness (QED) is 0.564. The third-order valence-electron chi connectivity index (χ3n) is 3.26. The molecule has 8 heteroatoms. The first-order valence-electron chi connectivity index (χ1n) is 6.23. The van der Waals surface area contributed by atoms with Crippen LogP contribution in [0.25, 0.3) is 16.9 Å². The molecule has 0 radical (unpaired) electrons. The van der Waals surface area contributed by atoms with Crippen LogP contribution in [0.5, 0.6) is 0 Å². The topological polar surface area (TPSA) is 124 Å². The summed E-state index contributed by atoms with van der Waals surface area (Å²) in [6.07, 6.45) is 1.52. The fourth-order valence-electron chi connectivity index (χ4n) is 2.15. The highest BCUT2D eigenvalue weighted by molar-refractivity contribution is 5.89. The van der Waals surface area contributed by atoms with Crippen molar-refractivity contribution < 1.29 is 14.8 Å². The number of imidazole rings is 1. The molecule has 0 atom stereocenters. The molecule has 2 aromatic heterocycles. The highest BCUT2D eigenvalue weighted by Gasteiger charge is 2.14. The van der Waals surface area contributed by atoms with Crippen molar-refractivity contribution in [1.29, 1.82) is 0 Å². The van der Waals surface area contributed by atoms with Crippen molar-refractivity contribution in [1.82, 2.24) is 9.38 Å². The number of nitrogens with two attached hydrogens (primary N) is 1. The first-order chi connectivity index (χ1) is 10.5. The Morgan fingerprint density at radius 2 is 1.95 bits per heavy atom. The van der Waals surface area contributed by atoms with Gasteiger partial charge in [0.1, 0.15) is 17.2 Å². The predicted molar refractivity (Wildman–Crippen MR) is 78.7 cm³/mol. The van der Waals surface area contributed by atoms with E-state index in [2.05, 4.69) is 4.98 Å². The lowest BCUT2D eigenvalue weighted by atomic mass is 10.1. The first kappa shape index (κ1) is 13.6. The Hall–Kier alpha value is -3.42. The summed E-state index contributed by atoms with van der Waals surface area (Å²) in [4.78, 5) is 25.5. The number of carboxylic acid groups (broad SMARTS) is 1. The van der Waals surface area contributed by atoms with Gasteiger partial charge in [-0.3, -0.25) is 14.5 Å². The average Bonchev–Trinajstić information content (AvgIpc) is 2.84. The zero-order chi connectivity index (χ0) is 15.9. The van der Waals surface area contributed by atoms with Gasteiger partial charge in [-0.25, -0.2) is 9.78 Å². The van der Waals surface area contributed by atoms with Gasteiger partial charge >= 0.3 is 5.97 Å². The predicted octanol–water partition coefficient (Wildman–Crippen LogP) is 2.19. The highest BCUT2D eigenvalue weighted by atomic mass is 16.6. The molecule has 0 fully saturated rings. The summed E-state index contributed by atoms with van der Waals surface area (Å²) in [6.45, 7) is 0. The van der Waals surface area contributed by atoms with Gasteiger partial charge in [0.05, 0.1) is 10.5 Å². The lowest BCUT2D eigenvalue weighted by Gasteiger charge is -1.99. The van der Waals surface area contributed by atoms with Crippen molar-refractivity contribution in [2.75, 3.05) is 5.73 Å². The number of carboxylic acids is 1. The van der Waals surface area contributed by atoms with Crippen LogP contribution in [0.15, 0.2) is 42.6 Å². The van der Waals surface area contributed by atoms with E-state index in [0.717, 1.165) is 0 Å². The van der Waals surface area contributed by atoms with Crippen LogP contribution in [0.2, 0.25) is 0 Å². The van der Waals surface area contributed by atoms with E-state index < -0.39 is 10.9 Å². The average molecular weight is 298 g/mol. The Kier molecular flexibility index (Phi) is 2.99. The molecule has 0 bridgehead atoms. The van der Waals surface area contributed by atoms with Gasteiger partial charge in [-0.05, 0) is 24.3 Å². The van der Waals surface area contributed by atoms with Gasteiger partial charge in [0.25, 0.3) is 5.69 Å². The first-order valence-corrected chi connectivity index (χ1v) is 6.23. The van der Waals surface area contributed by atoms with Crippen LogP contribution < -0.4 is 5.73 Å². The number of nitro groups is 1. The normalized spacial score (nSPS) is 10.7. The molecular weight excluding hydrogens is 288 g/mol. The molecule has 3 aromatic rings. The highest BCUT2D eigenvalue weighted by Crippen LogP contribution is 2.28. The van der Waals surface area contributed by atoms with Gasteiger partial charge in [0, 0.05) is 23.9 Å². The summed E-state index contributed by atoms with van der Waals surface area (Å²) in [6, 6.07) is 8.66. The number of aromatic carboxylic acids is 1. The molecule has 0 amide bonds. The van der Waals surface area contributed by atoms with E-state index in [9.17, 15) is 14.9 Å². The number of hydrogen-bond acceptors (Lipinski definition) is 5. The van der Waals surface area contributed by atoms with Gasteiger partial charge in [-0.15, -0.1) is 0 Å². The third-order valence-corrected chi connectivity index (χ3v) is 3.26. The van der Waals surface area contributed by atoms with Gasteiger partial charge in [-0.1, -0.05) is 0 Å². The largest absolute Gasteiger partial charge is 0.478 e. The molecule has 0 unspecified atom stereocenters. The fraction of sp³-hybridized carbons (Fsp3) is 0. The van der Waals surface area contributed by atoms with Gasteiger partial charge < -0.3 is 10.8 Å². The summed E-state index contributed by atoms with van der Waals surface area (Å²) >= 11 is 0. The van der Waals surface area contributed by atoms with Crippen LogP contribution in [-0.4, -0.2) is 25.4 Å². The van der Waals surface area contributed by atoms with E-state index >= 15 is 0 Å². The molecule has 0 aliphatic carbocycles. The molecular formula is C14H10N4O4. The van der Waals surface area contributed by atoms with Crippen LogP contribution >= 0.6 is 0 Å². The maximum atomic E-state index is 11.0. The molecule has 3 N–H and O–H groups in total. The molecule has 2 heterocycles. The van der Waals surface area contributed by atoms with E-state index in [1.54, 1.807) is 16.5 Å². The number of nitro benzene ring substituents is 1. The fourth-order valence-corrected chi connectivity index (χ4v) is 2.15. The van der Waals surface area contributed by atoms with Crippen molar-refractivity contribution in [3.63, 3.8) is 0 Å². The second-order valence-electron chi connectivity index (χ2n) is 4.60. The number of fused-ring (bicyclic) bond motifs is 1. The van der Waals surface area contributed by atoms with E-state index in [4.69, 9.17) is 10.8 Å². The lowest BCUT2D eigenvalue weighted by Crippen LogP contribution is -1.99. The van der Waals surface area contributed by atoms with Crippen LogP contribution in [0.3, 0.4) is 0 Å². The number of benzene rings is 1. The van der Waals surface area contributed by atoms with Crippen molar-refractivity contribution in [3.05, 3.63) is 58.3 Å². The number of hydrogen-bond donors (Lipinski definition) is 2. The second-order valence-corrected chi connectivity index (χ2v) is 4.60. The molecule has 110 valence electrons. The monoisotopic (exact) mass is 298 g/mol. The summed E-state index contributed by atoms with van der Waals surface area (Å²) < 4.78 is 1.56. The Morgan fingerprint density at radius 3 is 2.55 bits per heavy atom. The minimum absolute atomic E-state index is 0.0285. The zero-order valence-electron chi connectivity index (χ0n) is 11.1. The maximum Gasteiger partial charge on any atom is 0.335 e. The van der Waals surface area contributed by atoms with Crippen LogP contribution in [0.1, 0.15) is 10.4 Å². The van der Waals surface area contributed by atoms with Crippen LogP contribution in [0, 0.1) is 10.1 Å². The van der Waals surface area contributed by atoms with Gasteiger partial charge in [0.2, 0.25) is 0 Å². The van der Waals surface area contributed by atoms with E-state index in [-0.39, 0.29) is 11.3 Å². The van der Waals surface area contributed by atoms with Crippen molar-refractivity contribution in [3.8, 4) is 11.3 Å². The summed E-state index contributed by atoms with van der Waals surface area (Å²) in [5, 5.41) is 19.7. The Balaban J connectivity index is 2.12. The summed E-state index contributed by atoms with van der Waals surface area (Å²) in [5.41, 5.74) is 7.54. The maximum absolute atomic E-state index is 11.0. The standard InChI is InChI=1S/C14H10N4O4/c15-13-12(8-1-3-10(4-2-8)18(21)22)16-11-7-9(14(19)20)5-6-17(11)13/h1-7H,15H2,(H,19,20). The van der Waals surface area contributed by atoms with Crippen molar-refractivity contribution >= 4 is 23.1 Å². The number of nitrogen functional groups attached to an aromatic ring is 1. The number of non-ortho nitro benzene ring substituents is 1. The molecule has 22 heavy (non-hydrogen) atoms. The summed E-state index contributed by atoms with van der Waals surface area (Å²) in [7, 11) is 0. The molecule has 0 saturated heterocycles. The van der Waals surface area contributed by atoms with Gasteiger partial charge in [0.15, 0.2) is 0 Å². The number of nitrogens with zero attached hydrogens (tertiary/aromatic N) is 3. The molecule has 0 saturated carbocycles. The minimum Gasteiger partial charge on any atom is -0.478 e. The van der Waals surface area contributed by atoms with E-state index in [1.165, 1.54) is 30.5 Å². The Morgan fingerprint density at radius 1 is 1.27 bits per heavy atom. The number of pyridine rings is 1. The smallest absolute Gasteiger partial charge is 0.335 e. The van der Waals surface area contributed by atoms with Crippen molar-refractivity contribution in [2.45, 2.75) is 0 Å². The molecule has 3 rings (SSSR count). The van der Waals surface area contributed by atoms with Crippen LogP contribution in [0.4, 0.5) is 11.5 Å². The SMILES string of the molecule is Nc1c(-c2ccc([N+](=O)[O-])cc2)nc2cc(C(=O)O)ccn12. The van der Waals surface area contributed by atoms with E-state index in [1.807, 2.05) is 0 Å².